The zero-order chi connectivity index (χ0) is 10.6. The first kappa shape index (κ1) is 11.4. The number of rotatable bonds is 4. The molecule has 1 rings (SSSR count). The molecule has 0 amide bonds. The molecule has 3 atom stereocenters. The van der Waals surface area contributed by atoms with E-state index in [9.17, 15) is 4.39 Å². The number of ether oxygens (including phenoxy) is 4. The van der Waals surface area contributed by atoms with Gasteiger partial charge < -0.3 is 18.9 Å². The predicted octanol–water partition coefficient (Wildman–Crippen LogP) is 0.873. The molecular formula is C9H15FO4. The van der Waals surface area contributed by atoms with Crippen molar-refractivity contribution in [1.82, 2.24) is 0 Å². The zero-order valence-corrected chi connectivity index (χ0v) is 8.53. The van der Waals surface area contributed by atoms with Crippen LogP contribution < -0.4 is 0 Å². The summed E-state index contributed by atoms with van der Waals surface area (Å²) in [7, 11) is 4.47. The molecule has 82 valence electrons. The van der Waals surface area contributed by atoms with Crippen LogP contribution in [-0.2, 0) is 18.9 Å². The number of methoxy groups -OCH3 is 3. The van der Waals surface area contributed by atoms with Crippen molar-refractivity contribution in [3.8, 4) is 0 Å². The molecular weight excluding hydrogens is 191 g/mol. The first-order valence-corrected chi connectivity index (χ1v) is 4.30. The maximum absolute atomic E-state index is 13.2. The lowest BCUT2D eigenvalue weighted by atomic mass is 10.1. The van der Waals surface area contributed by atoms with E-state index in [1.54, 1.807) is 7.11 Å². The van der Waals surface area contributed by atoms with Gasteiger partial charge in [-0.05, 0) is 0 Å². The molecule has 0 aromatic carbocycles. The normalized spacial score (nSPS) is 32.3. The number of hydrogen-bond acceptors (Lipinski definition) is 4. The van der Waals surface area contributed by atoms with E-state index < -0.39 is 18.0 Å². The standard InChI is InChI=1S/C9H15FO4/c1-11-5-7-9(13-3)8(12-2)6(10)4-14-7/h4,7-9H,5H2,1-3H3/t7-,8-,9-/m1/s1. The van der Waals surface area contributed by atoms with Gasteiger partial charge in [0.2, 0.25) is 0 Å². The van der Waals surface area contributed by atoms with Crippen LogP contribution in [0.1, 0.15) is 0 Å². The molecule has 0 aromatic heterocycles. The summed E-state index contributed by atoms with van der Waals surface area (Å²) in [6, 6.07) is 0. The Kier molecular flexibility index (Phi) is 4.31. The van der Waals surface area contributed by atoms with Crippen LogP contribution in [0, 0.1) is 0 Å². The van der Waals surface area contributed by atoms with E-state index in [2.05, 4.69) is 0 Å². The van der Waals surface area contributed by atoms with Crippen LogP contribution in [-0.4, -0.2) is 46.2 Å². The summed E-state index contributed by atoms with van der Waals surface area (Å²) in [6.07, 6.45) is -0.485. The van der Waals surface area contributed by atoms with Crippen molar-refractivity contribution in [1.29, 1.82) is 0 Å². The van der Waals surface area contributed by atoms with Gasteiger partial charge in [-0.3, -0.25) is 0 Å². The fourth-order valence-electron chi connectivity index (χ4n) is 1.47. The van der Waals surface area contributed by atoms with E-state index in [0.29, 0.717) is 6.61 Å². The van der Waals surface area contributed by atoms with E-state index in [-0.39, 0.29) is 6.10 Å². The maximum atomic E-state index is 13.2. The predicted molar refractivity (Wildman–Crippen MR) is 47.5 cm³/mol. The first-order valence-electron chi connectivity index (χ1n) is 4.30. The highest BCUT2D eigenvalue weighted by Crippen LogP contribution is 2.24. The highest BCUT2D eigenvalue weighted by molar-refractivity contribution is 5.05. The van der Waals surface area contributed by atoms with E-state index >= 15 is 0 Å². The Hall–Kier alpha value is -0.650. The molecule has 14 heavy (non-hydrogen) atoms. The molecule has 0 N–H and O–H groups in total. The van der Waals surface area contributed by atoms with E-state index in [1.807, 2.05) is 0 Å². The second-order valence-corrected chi connectivity index (χ2v) is 2.99. The van der Waals surface area contributed by atoms with Crippen LogP contribution in [0.5, 0.6) is 0 Å². The first-order chi connectivity index (χ1) is 6.74. The summed E-state index contributed by atoms with van der Waals surface area (Å²) < 4.78 is 33.3. The molecule has 4 nitrogen and oxygen atoms in total. The Bertz CT molecular complexity index is 207. The van der Waals surface area contributed by atoms with Crippen molar-refractivity contribution < 1.29 is 23.3 Å². The SMILES string of the molecule is COC[C@H]1OC=C(F)[C@@H](OC)[C@@H]1OC. The lowest BCUT2D eigenvalue weighted by Gasteiger charge is -2.33. The topological polar surface area (TPSA) is 36.9 Å². The third-order valence-corrected chi connectivity index (χ3v) is 2.15. The van der Waals surface area contributed by atoms with Crippen molar-refractivity contribution in [2.45, 2.75) is 18.3 Å². The highest BCUT2D eigenvalue weighted by Gasteiger charge is 2.37. The average molecular weight is 206 g/mol. The monoisotopic (exact) mass is 206 g/mol. The van der Waals surface area contributed by atoms with Gasteiger partial charge in [-0.25, -0.2) is 4.39 Å². The Morgan fingerprint density at radius 3 is 2.57 bits per heavy atom. The lowest BCUT2D eigenvalue weighted by Crippen LogP contribution is -2.46. The Morgan fingerprint density at radius 1 is 1.36 bits per heavy atom. The zero-order valence-electron chi connectivity index (χ0n) is 8.53. The van der Waals surface area contributed by atoms with Gasteiger partial charge in [0.15, 0.2) is 11.9 Å². The molecule has 0 aliphatic carbocycles. The van der Waals surface area contributed by atoms with E-state index in [0.717, 1.165) is 6.26 Å². The van der Waals surface area contributed by atoms with Gasteiger partial charge in [-0.1, -0.05) is 0 Å². The van der Waals surface area contributed by atoms with Gasteiger partial charge in [0.25, 0.3) is 0 Å². The van der Waals surface area contributed by atoms with Crippen LogP contribution in [0.3, 0.4) is 0 Å². The summed E-state index contributed by atoms with van der Waals surface area (Å²) in [5.41, 5.74) is 0. The molecule has 0 aromatic rings. The van der Waals surface area contributed by atoms with Gasteiger partial charge in [0.1, 0.15) is 18.5 Å². The molecule has 1 heterocycles. The van der Waals surface area contributed by atoms with Crippen LogP contribution >= 0.6 is 0 Å². The summed E-state index contributed by atoms with van der Waals surface area (Å²) in [5.74, 6) is -0.466. The third-order valence-electron chi connectivity index (χ3n) is 2.15. The molecule has 5 heteroatoms. The van der Waals surface area contributed by atoms with Gasteiger partial charge in [0.05, 0.1) is 6.61 Å². The van der Waals surface area contributed by atoms with Crippen molar-refractivity contribution in [3.05, 3.63) is 12.1 Å². The number of halogens is 1. The fourth-order valence-corrected chi connectivity index (χ4v) is 1.47. The Balaban J connectivity index is 2.72. The number of hydrogen-bond donors (Lipinski definition) is 0. The molecule has 0 saturated heterocycles. The second-order valence-electron chi connectivity index (χ2n) is 2.99. The molecule has 0 spiro atoms. The van der Waals surface area contributed by atoms with Gasteiger partial charge in [-0.15, -0.1) is 0 Å². The largest absolute Gasteiger partial charge is 0.490 e. The molecule has 1 aliphatic heterocycles. The molecule has 0 unspecified atom stereocenters. The summed E-state index contributed by atoms with van der Waals surface area (Å²) >= 11 is 0. The Morgan fingerprint density at radius 2 is 2.07 bits per heavy atom. The second kappa shape index (κ2) is 5.29. The van der Waals surface area contributed by atoms with E-state index in [1.165, 1.54) is 14.2 Å². The highest BCUT2D eigenvalue weighted by atomic mass is 19.1. The van der Waals surface area contributed by atoms with Crippen molar-refractivity contribution >= 4 is 0 Å². The Labute approximate surface area is 82.6 Å². The van der Waals surface area contributed by atoms with E-state index in [4.69, 9.17) is 18.9 Å². The smallest absolute Gasteiger partial charge is 0.166 e. The van der Waals surface area contributed by atoms with Gasteiger partial charge >= 0.3 is 0 Å². The summed E-state index contributed by atoms with van der Waals surface area (Å²) in [5, 5.41) is 0. The van der Waals surface area contributed by atoms with Crippen LogP contribution in [0.25, 0.3) is 0 Å². The minimum Gasteiger partial charge on any atom is -0.490 e. The third kappa shape index (κ3) is 2.23. The van der Waals surface area contributed by atoms with Crippen LogP contribution in [0.4, 0.5) is 4.39 Å². The van der Waals surface area contributed by atoms with Crippen molar-refractivity contribution in [2.24, 2.45) is 0 Å². The van der Waals surface area contributed by atoms with Crippen LogP contribution in [0.2, 0.25) is 0 Å². The van der Waals surface area contributed by atoms with Crippen molar-refractivity contribution in [3.63, 3.8) is 0 Å². The van der Waals surface area contributed by atoms with Crippen LogP contribution in [0.15, 0.2) is 12.1 Å². The molecule has 0 bridgehead atoms. The molecule has 1 aliphatic rings. The molecule has 0 fully saturated rings. The minimum absolute atomic E-state index is 0.335. The summed E-state index contributed by atoms with van der Waals surface area (Å²) in [6.45, 7) is 0.335. The van der Waals surface area contributed by atoms with Gasteiger partial charge in [-0.2, -0.15) is 0 Å². The quantitative estimate of drug-likeness (QED) is 0.684. The average Bonchev–Trinajstić information content (AvgIpc) is 2.20. The molecule has 0 saturated carbocycles. The van der Waals surface area contributed by atoms with Crippen molar-refractivity contribution in [2.75, 3.05) is 27.9 Å². The van der Waals surface area contributed by atoms with Gasteiger partial charge in [0, 0.05) is 21.3 Å². The maximum Gasteiger partial charge on any atom is 0.166 e. The lowest BCUT2D eigenvalue weighted by molar-refractivity contribution is -0.125. The minimum atomic E-state index is -0.714. The molecule has 0 radical (unpaired) electrons. The summed E-state index contributed by atoms with van der Waals surface area (Å²) in [4.78, 5) is 0. The fraction of sp³-hybridized carbons (Fsp3) is 0.778.